The largest absolute Gasteiger partial charge is 0.484 e. The van der Waals surface area contributed by atoms with E-state index in [0.29, 0.717) is 30.4 Å². The van der Waals surface area contributed by atoms with Gasteiger partial charge in [0.1, 0.15) is 11.8 Å². The molecule has 0 radical (unpaired) electrons. The molecule has 45 heavy (non-hydrogen) atoms. The molecular weight excluding hydrogens is 579 g/mol. The summed E-state index contributed by atoms with van der Waals surface area (Å²) in [4.78, 5) is 41.3. The SMILES string of the molecule is Cc1ccc(OCC(=O)N[C@@H](CCCN=C(N)N[N+](=O)[O-])C(=O)N[C@@H](CC(C)C)B2O[C@@H]3C[C@@H]4C[C@@H](C4(C)C)[C@]3(C)O2)cc1C. The number of nitro groups is 1. The van der Waals surface area contributed by atoms with E-state index in [1.54, 1.807) is 11.5 Å². The smallest absolute Gasteiger partial charge is 0.481 e. The van der Waals surface area contributed by atoms with Crippen molar-refractivity contribution in [3.8, 4) is 5.75 Å². The Morgan fingerprint density at radius 2 is 1.93 bits per heavy atom. The normalized spacial score (nSPS) is 26.4. The van der Waals surface area contributed by atoms with Crippen molar-refractivity contribution >= 4 is 24.9 Å². The van der Waals surface area contributed by atoms with Crippen molar-refractivity contribution in [1.29, 1.82) is 0 Å². The van der Waals surface area contributed by atoms with Crippen LogP contribution >= 0.6 is 0 Å². The van der Waals surface area contributed by atoms with Gasteiger partial charge in [0, 0.05) is 6.54 Å². The Morgan fingerprint density at radius 3 is 2.58 bits per heavy atom. The molecule has 1 saturated heterocycles. The molecule has 4 aliphatic rings. The Kier molecular flexibility index (Phi) is 10.7. The Balaban J connectivity index is 1.43. The van der Waals surface area contributed by atoms with Crippen molar-refractivity contribution in [1.82, 2.24) is 16.1 Å². The molecule has 3 aliphatic carbocycles. The maximum Gasteiger partial charge on any atom is 0.481 e. The Labute approximate surface area is 266 Å². The van der Waals surface area contributed by atoms with Gasteiger partial charge < -0.3 is 30.4 Å². The number of nitrogens with one attached hydrogen (secondary N) is 3. The molecule has 14 heteroatoms. The Morgan fingerprint density at radius 1 is 1.20 bits per heavy atom. The number of nitrogens with two attached hydrogens (primary N) is 1. The Hall–Kier alpha value is -3.39. The summed E-state index contributed by atoms with van der Waals surface area (Å²) in [5.74, 6) is 0.188. The zero-order valence-electron chi connectivity index (χ0n) is 27.6. The van der Waals surface area contributed by atoms with Crippen molar-refractivity contribution < 1.29 is 28.7 Å². The van der Waals surface area contributed by atoms with E-state index in [2.05, 4.69) is 50.2 Å². The van der Waals surface area contributed by atoms with Gasteiger partial charge in [-0.25, -0.2) is 15.1 Å². The maximum atomic E-state index is 13.8. The van der Waals surface area contributed by atoms with E-state index in [0.717, 1.165) is 24.0 Å². The molecule has 0 aromatic heterocycles. The predicted octanol–water partition coefficient (Wildman–Crippen LogP) is 2.84. The third kappa shape index (κ3) is 8.07. The van der Waals surface area contributed by atoms with Gasteiger partial charge in [0.2, 0.25) is 5.91 Å². The average molecular weight is 629 g/mol. The first-order valence-corrected chi connectivity index (χ1v) is 15.9. The van der Waals surface area contributed by atoms with Gasteiger partial charge in [0.15, 0.2) is 11.6 Å². The van der Waals surface area contributed by atoms with Crippen LogP contribution in [0, 0.1) is 47.1 Å². The summed E-state index contributed by atoms with van der Waals surface area (Å²) < 4.78 is 18.9. The van der Waals surface area contributed by atoms with Gasteiger partial charge in [-0.1, -0.05) is 39.2 Å². The minimum Gasteiger partial charge on any atom is -0.484 e. The van der Waals surface area contributed by atoms with Crippen LogP contribution in [0.15, 0.2) is 23.2 Å². The van der Waals surface area contributed by atoms with E-state index in [1.807, 2.05) is 26.0 Å². The second-order valence-electron chi connectivity index (χ2n) is 14.0. The van der Waals surface area contributed by atoms with Gasteiger partial charge in [-0.2, -0.15) is 0 Å². The lowest BCUT2D eigenvalue weighted by Crippen LogP contribution is -2.65. The quantitative estimate of drug-likeness (QED) is 0.0602. The fourth-order valence-corrected chi connectivity index (χ4v) is 7.18. The number of hydrazine groups is 1. The molecule has 2 bridgehead atoms. The minimum atomic E-state index is -0.915. The molecule has 1 aromatic rings. The highest BCUT2D eigenvalue weighted by atomic mass is 16.7. The van der Waals surface area contributed by atoms with Crippen molar-refractivity contribution in [2.45, 2.75) is 104 Å². The van der Waals surface area contributed by atoms with Crippen LogP contribution in [-0.2, 0) is 18.9 Å². The number of carbonyl (C=O) groups excluding carboxylic acids is 2. The van der Waals surface area contributed by atoms with Crippen LogP contribution in [0.3, 0.4) is 0 Å². The molecule has 13 nitrogen and oxygen atoms in total. The van der Waals surface area contributed by atoms with Crippen LogP contribution < -0.4 is 26.5 Å². The van der Waals surface area contributed by atoms with E-state index < -0.39 is 35.6 Å². The number of rotatable bonds is 14. The van der Waals surface area contributed by atoms with Crippen LogP contribution in [0.2, 0.25) is 0 Å². The number of ether oxygens (including phenoxy) is 1. The lowest BCUT2D eigenvalue weighted by molar-refractivity contribution is -0.525. The number of carbonyl (C=O) groups is 2. The van der Waals surface area contributed by atoms with E-state index >= 15 is 0 Å². The van der Waals surface area contributed by atoms with Gasteiger partial charge in [0.05, 0.1) is 17.6 Å². The highest BCUT2D eigenvalue weighted by molar-refractivity contribution is 6.48. The summed E-state index contributed by atoms with van der Waals surface area (Å²) in [6, 6.07) is 4.65. The molecule has 5 rings (SSSR count). The third-order valence-electron chi connectivity index (χ3n) is 9.99. The first kappa shape index (κ1) is 34.5. The van der Waals surface area contributed by atoms with Gasteiger partial charge >= 0.3 is 7.12 Å². The van der Waals surface area contributed by atoms with Gasteiger partial charge in [0.25, 0.3) is 11.9 Å². The molecule has 0 spiro atoms. The first-order chi connectivity index (χ1) is 21.1. The molecule has 1 heterocycles. The van der Waals surface area contributed by atoms with Crippen molar-refractivity contribution in [3.63, 3.8) is 0 Å². The number of hydrogen-bond acceptors (Lipinski definition) is 8. The van der Waals surface area contributed by atoms with Crippen LogP contribution in [0.25, 0.3) is 0 Å². The number of hydrogen-bond donors (Lipinski definition) is 4. The van der Waals surface area contributed by atoms with Crippen molar-refractivity contribution in [2.75, 3.05) is 13.2 Å². The van der Waals surface area contributed by atoms with E-state index in [-0.39, 0.29) is 48.9 Å². The Bertz CT molecular complexity index is 1290. The molecule has 3 saturated carbocycles. The number of nitrogens with zero attached hydrogens (tertiary/aromatic N) is 2. The molecule has 0 unspecified atom stereocenters. The minimum absolute atomic E-state index is 0.0278. The molecule has 2 amide bonds. The fraction of sp³-hybridized carbons (Fsp3) is 0.710. The number of aryl methyl sites for hydroxylation is 2. The standard InChI is InChI=1S/C31H49BN6O7/c1-18(2)13-26(32-44-25-16-21-15-24(30(21,5)6)31(25,7)45-32)36-28(40)23(9-8-12-34-29(33)37-38(41)42)35-27(39)17-43-22-11-10-19(3)20(4)14-22/h10-11,14,18,21,23-26H,8-9,12-13,15-17H2,1-7H3,(H,35,39)(H,36,40)(H3,33,34,37)/t21-,23-,24-,25+,26-,31-/m0/s1. The lowest BCUT2D eigenvalue weighted by atomic mass is 9.43. The summed E-state index contributed by atoms with van der Waals surface area (Å²) in [5.41, 5.74) is 9.24. The molecular formula is C31H49BN6O7. The number of benzene rings is 1. The lowest BCUT2D eigenvalue weighted by Gasteiger charge is -2.64. The summed E-state index contributed by atoms with van der Waals surface area (Å²) in [6.07, 6.45) is 3.21. The topological polar surface area (TPSA) is 179 Å². The monoisotopic (exact) mass is 628 g/mol. The first-order valence-electron chi connectivity index (χ1n) is 15.9. The molecule has 4 fully saturated rings. The molecule has 6 atom stereocenters. The number of amides is 2. The van der Waals surface area contributed by atoms with Crippen molar-refractivity contribution in [3.05, 3.63) is 39.4 Å². The molecule has 5 N–H and O–H groups in total. The summed E-state index contributed by atoms with van der Waals surface area (Å²) in [6.45, 7) is 14.7. The van der Waals surface area contributed by atoms with Gasteiger partial charge in [-0.3, -0.25) is 9.59 Å². The van der Waals surface area contributed by atoms with Crippen LogP contribution in [0.4, 0.5) is 0 Å². The van der Waals surface area contributed by atoms with Gasteiger partial charge in [-0.15, -0.1) is 0 Å². The fourth-order valence-electron chi connectivity index (χ4n) is 7.18. The zero-order chi connectivity index (χ0) is 33.1. The second kappa shape index (κ2) is 13.9. The molecule has 1 aromatic carbocycles. The molecule has 1 aliphatic heterocycles. The molecule has 248 valence electrons. The van der Waals surface area contributed by atoms with E-state index in [9.17, 15) is 19.7 Å². The van der Waals surface area contributed by atoms with Crippen LogP contribution in [-0.4, -0.2) is 66.8 Å². The van der Waals surface area contributed by atoms with E-state index in [1.165, 1.54) is 0 Å². The maximum absolute atomic E-state index is 13.8. The summed E-state index contributed by atoms with van der Waals surface area (Å²) >= 11 is 0. The van der Waals surface area contributed by atoms with E-state index in [4.69, 9.17) is 19.8 Å². The van der Waals surface area contributed by atoms with Crippen molar-refractivity contribution in [2.24, 2.45) is 33.9 Å². The number of aliphatic imine (C=N–C) groups is 1. The summed E-state index contributed by atoms with van der Waals surface area (Å²) in [5, 5.41) is 15.7. The number of guanidine groups is 1. The second-order valence-corrected chi connectivity index (χ2v) is 14.0. The third-order valence-corrected chi connectivity index (χ3v) is 9.99. The highest BCUT2D eigenvalue weighted by Crippen LogP contribution is 2.65. The van der Waals surface area contributed by atoms with Crippen LogP contribution in [0.5, 0.6) is 5.75 Å². The average Bonchev–Trinajstić information content (AvgIpc) is 3.31. The summed E-state index contributed by atoms with van der Waals surface area (Å²) in [7, 11) is -0.608. The zero-order valence-corrected chi connectivity index (χ0v) is 27.6. The predicted molar refractivity (Wildman–Crippen MR) is 171 cm³/mol. The highest BCUT2D eigenvalue weighted by Gasteiger charge is 2.68. The van der Waals surface area contributed by atoms with Crippen LogP contribution in [0.1, 0.15) is 77.8 Å². The van der Waals surface area contributed by atoms with Gasteiger partial charge in [-0.05, 0) is 99.3 Å².